The Morgan fingerprint density at radius 2 is 1.95 bits per heavy atom. The second-order valence-electron chi connectivity index (χ2n) is 4.46. The van der Waals surface area contributed by atoms with Gasteiger partial charge in [0.05, 0.1) is 12.7 Å². The van der Waals surface area contributed by atoms with Crippen LogP contribution in [-0.2, 0) is 6.42 Å². The third-order valence-electron chi connectivity index (χ3n) is 2.97. The van der Waals surface area contributed by atoms with Crippen molar-refractivity contribution < 1.29 is 9.84 Å². The average molecular weight is 311 g/mol. The molecule has 0 amide bonds. The molecule has 4 heteroatoms. The summed E-state index contributed by atoms with van der Waals surface area (Å²) in [5.74, 6) is 0.751. The summed E-state index contributed by atoms with van der Waals surface area (Å²) in [6, 6.07) is 12.7. The highest BCUT2D eigenvalue weighted by Gasteiger charge is 2.12. The minimum Gasteiger partial charge on any atom is -0.494 e. The van der Waals surface area contributed by atoms with Crippen LogP contribution >= 0.6 is 23.2 Å². The SMILES string of the molecule is CCOc1cccc(C(O)Cc2cc(Cl)ccc2Cl)c1. The van der Waals surface area contributed by atoms with Crippen molar-refractivity contribution in [1.82, 2.24) is 0 Å². The van der Waals surface area contributed by atoms with Gasteiger partial charge in [-0.1, -0.05) is 35.3 Å². The molecule has 2 nitrogen and oxygen atoms in total. The van der Waals surface area contributed by atoms with Gasteiger partial charge in [-0.05, 0) is 48.4 Å². The minimum absolute atomic E-state index is 0.412. The first-order chi connectivity index (χ1) is 9.60. The lowest BCUT2D eigenvalue weighted by Crippen LogP contribution is -2.03. The molecule has 106 valence electrons. The molecule has 2 rings (SSSR count). The molecule has 0 aliphatic carbocycles. The number of aliphatic hydroxyl groups is 1. The predicted molar refractivity (Wildman–Crippen MR) is 82.7 cm³/mol. The smallest absolute Gasteiger partial charge is 0.119 e. The number of aliphatic hydroxyl groups excluding tert-OH is 1. The van der Waals surface area contributed by atoms with Gasteiger partial charge in [0.1, 0.15) is 5.75 Å². The van der Waals surface area contributed by atoms with Gasteiger partial charge in [0.2, 0.25) is 0 Å². The standard InChI is InChI=1S/C16H16Cl2O2/c1-2-20-14-5-3-4-11(9-14)16(19)10-12-8-13(17)6-7-15(12)18/h3-9,16,19H,2,10H2,1H3. The van der Waals surface area contributed by atoms with Gasteiger partial charge in [-0.3, -0.25) is 0 Å². The number of hydrogen-bond acceptors (Lipinski definition) is 2. The molecule has 0 aliphatic heterocycles. The van der Waals surface area contributed by atoms with Crippen LogP contribution in [0.5, 0.6) is 5.75 Å². The van der Waals surface area contributed by atoms with Gasteiger partial charge in [-0.25, -0.2) is 0 Å². The maximum absolute atomic E-state index is 10.3. The minimum atomic E-state index is -0.647. The zero-order valence-corrected chi connectivity index (χ0v) is 12.7. The number of halogens is 2. The van der Waals surface area contributed by atoms with E-state index in [2.05, 4.69) is 0 Å². The molecular formula is C16H16Cl2O2. The Labute approximate surface area is 128 Å². The molecule has 1 atom stereocenters. The first-order valence-corrected chi connectivity index (χ1v) is 7.20. The molecule has 0 bridgehead atoms. The molecule has 1 N–H and O–H groups in total. The first kappa shape index (κ1) is 15.2. The van der Waals surface area contributed by atoms with Crippen LogP contribution in [0.1, 0.15) is 24.2 Å². The largest absolute Gasteiger partial charge is 0.494 e. The van der Waals surface area contributed by atoms with E-state index in [1.165, 1.54) is 0 Å². The molecule has 0 saturated carbocycles. The summed E-state index contributed by atoms with van der Waals surface area (Å²) in [6.07, 6.45) is -0.235. The van der Waals surface area contributed by atoms with E-state index in [-0.39, 0.29) is 0 Å². The fraction of sp³-hybridized carbons (Fsp3) is 0.250. The number of benzene rings is 2. The summed E-state index contributed by atoms with van der Waals surface area (Å²) in [6.45, 7) is 2.52. The third kappa shape index (κ3) is 3.89. The highest BCUT2D eigenvalue weighted by atomic mass is 35.5. The molecule has 2 aromatic carbocycles. The van der Waals surface area contributed by atoms with E-state index in [1.54, 1.807) is 18.2 Å². The van der Waals surface area contributed by atoms with Crippen LogP contribution in [0.2, 0.25) is 10.0 Å². The van der Waals surface area contributed by atoms with E-state index in [1.807, 2.05) is 31.2 Å². The van der Waals surface area contributed by atoms with E-state index in [9.17, 15) is 5.11 Å². The van der Waals surface area contributed by atoms with E-state index >= 15 is 0 Å². The normalized spacial score (nSPS) is 12.2. The van der Waals surface area contributed by atoms with Gasteiger partial charge in [0, 0.05) is 16.5 Å². The van der Waals surface area contributed by atoms with Crippen molar-refractivity contribution in [3.05, 3.63) is 63.6 Å². The molecule has 0 saturated heterocycles. The van der Waals surface area contributed by atoms with Crippen molar-refractivity contribution >= 4 is 23.2 Å². The summed E-state index contributed by atoms with van der Waals surface area (Å²) in [7, 11) is 0. The van der Waals surface area contributed by atoms with Gasteiger partial charge in [-0.2, -0.15) is 0 Å². The first-order valence-electron chi connectivity index (χ1n) is 6.45. The molecule has 20 heavy (non-hydrogen) atoms. The molecule has 2 aromatic rings. The second kappa shape index (κ2) is 6.98. The van der Waals surface area contributed by atoms with E-state index in [0.717, 1.165) is 16.9 Å². The lowest BCUT2D eigenvalue weighted by atomic mass is 10.0. The van der Waals surface area contributed by atoms with E-state index < -0.39 is 6.10 Å². The number of hydrogen-bond donors (Lipinski definition) is 1. The van der Waals surface area contributed by atoms with Gasteiger partial charge in [-0.15, -0.1) is 0 Å². The molecule has 0 radical (unpaired) electrons. The van der Waals surface area contributed by atoms with Gasteiger partial charge < -0.3 is 9.84 Å². The third-order valence-corrected chi connectivity index (χ3v) is 3.58. The van der Waals surface area contributed by atoms with Crippen molar-refractivity contribution in [2.75, 3.05) is 6.61 Å². The Balaban J connectivity index is 2.17. The van der Waals surface area contributed by atoms with Crippen molar-refractivity contribution in [3.63, 3.8) is 0 Å². The Bertz CT molecular complexity index is 584. The van der Waals surface area contributed by atoms with Gasteiger partial charge in [0.25, 0.3) is 0 Å². The highest BCUT2D eigenvalue weighted by Crippen LogP contribution is 2.27. The molecular weight excluding hydrogens is 295 g/mol. The number of ether oxygens (including phenoxy) is 1. The quantitative estimate of drug-likeness (QED) is 0.869. The Morgan fingerprint density at radius 3 is 2.70 bits per heavy atom. The van der Waals surface area contributed by atoms with Crippen molar-refractivity contribution in [1.29, 1.82) is 0 Å². The van der Waals surface area contributed by atoms with Crippen LogP contribution in [-0.4, -0.2) is 11.7 Å². The summed E-state index contributed by atoms with van der Waals surface area (Å²) < 4.78 is 5.43. The average Bonchev–Trinajstić information content (AvgIpc) is 2.43. The molecule has 0 aromatic heterocycles. The summed E-state index contributed by atoms with van der Waals surface area (Å²) in [5.41, 5.74) is 1.63. The van der Waals surface area contributed by atoms with Crippen LogP contribution in [0.4, 0.5) is 0 Å². The van der Waals surface area contributed by atoms with E-state index in [4.69, 9.17) is 27.9 Å². The molecule has 0 heterocycles. The van der Waals surface area contributed by atoms with Crippen LogP contribution in [0.3, 0.4) is 0 Å². The maximum Gasteiger partial charge on any atom is 0.119 e. The molecule has 0 fully saturated rings. The van der Waals surface area contributed by atoms with Crippen LogP contribution in [0.15, 0.2) is 42.5 Å². The Morgan fingerprint density at radius 1 is 1.15 bits per heavy atom. The Hall–Kier alpha value is -1.22. The van der Waals surface area contributed by atoms with Gasteiger partial charge in [0.15, 0.2) is 0 Å². The monoisotopic (exact) mass is 310 g/mol. The van der Waals surface area contributed by atoms with Crippen molar-refractivity contribution in [2.45, 2.75) is 19.4 Å². The maximum atomic E-state index is 10.3. The van der Waals surface area contributed by atoms with Gasteiger partial charge >= 0.3 is 0 Å². The molecule has 0 spiro atoms. The predicted octanol–water partition coefficient (Wildman–Crippen LogP) is 4.67. The summed E-state index contributed by atoms with van der Waals surface area (Å²) in [4.78, 5) is 0. The van der Waals surface area contributed by atoms with E-state index in [0.29, 0.717) is 23.1 Å². The van der Waals surface area contributed by atoms with Crippen LogP contribution in [0.25, 0.3) is 0 Å². The highest BCUT2D eigenvalue weighted by molar-refractivity contribution is 6.33. The lowest BCUT2D eigenvalue weighted by molar-refractivity contribution is 0.178. The fourth-order valence-electron chi connectivity index (χ4n) is 2.00. The zero-order valence-electron chi connectivity index (χ0n) is 11.1. The van der Waals surface area contributed by atoms with Crippen molar-refractivity contribution in [3.8, 4) is 5.75 Å². The molecule has 1 unspecified atom stereocenters. The topological polar surface area (TPSA) is 29.5 Å². The zero-order chi connectivity index (χ0) is 14.5. The van der Waals surface area contributed by atoms with Crippen LogP contribution < -0.4 is 4.74 Å². The second-order valence-corrected chi connectivity index (χ2v) is 5.30. The Kier molecular flexibility index (Phi) is 5.30. The molecule has 0 aliphatic rings. The van der Waals surface area contributed by atoms with Crippen LogP contribution in [0, 0.1) is 0 Å². The number of rotatable bonds is 5. The fourth-order valence-corrected chi connectivity index (χ4v) is 2.39. The lowest BCUT2D eigenvalue weighted by Gasteiger charge is -2.14. The van der Waals surface area contributed by atoms with Crippen molar-refractivity contribution in [2.24, 2.45) is 0 Å². The summed E-state index contributed by atoms with van der Waals surface area (Å²) >= 11 is 12.1. The summed E-state index contributed by atoms with van der Waals surface area (Å²) in [5, 5.41) is 11.5.